The van der Waals surface area contributed by atoms with E-state index in [-0.39, 0.29) is 30.6 Å². The molecule has 1 aromatic carbocycles. The maximum atomic E-state index is 12.2. The molecular formula is C15H20N2O4. The molecular weight excluding hydrogens is 272 g/mol. The molecule has 0 aromatic heterocycles. The van der Waals surface area contributed by atoms with Gasteiger partial charge in [-0.15, -0.1) is 0 Å². The van der Waals surface area contributed by atoms with E-state index in [9.17, 15) is 14.7 Å². The van der Waals surface area contributed by atoms with E-state index in [0.717, 1.165) is 0 Å². The number of carbonyl (C=O) groups is 2. The maximum Gasteiger partial charge on any atom is 0.322 e. The van der Waals surface area contributed by atoms with Crippen LogP contribution < -0.4 is 5.32 Å². The van der Waals surface area contributed by atoms with Crippen LogP contribution in [0.3, 0.4) is 0 Å². The second kappa shape index (κ2) is 6.69. The molecule has 6 nitrogen and oxygen atoms in total. The van der Waals surface area contributed by atoms with Crippen LogP contribution in [-0.2, 0) is 4.74 Å². The molecule has 1 fully saturated rings. The number of anilines is 1. The molecule has 1 heterocycles. The van der Waals surface area contributed by atoms with Crippen molar-refractivity contribution in [2.75, 3.05) is 25.0 Å². The fourth-order valence-corrected chi connectivity index (χ4v) is 2.33. The molecule has 114 valence electrons. The van der Waals surface area contributed by atoms with Crippen molar-refractivity contribution >= 4 is 17.5 Å². The summed E-state index contributed by atoms with van der Waals surface area (Å²) in [5.41, 5.74) is 1.13. The Bertz CT molecular complexity index is 532. The maximum absolute atomic E-state index is 12.2. The van der Waals surface area contributed by atoms with Gasteiger partial charge in [0.1, 0.15) is 0 Å². The number of ketones is 1. The fourth-order valence-electron chi connectivity index (χ4n) is 2.33. The van der Waals surface area contributed by atoms with Gasteiger partial charge < -0.3 is 20.1 Å². The lowest BCUT2D eigenvalue weighted by Gasteiger charge is -2.36. The summed E-state index contributed by atoms with van der Waals surface area (Å²) in [6, 6.07) is 6.55. The minimum Gasteiger partial charge on any atom is -0.394 e. The molecule has 1 aliphatic heterocycles. The highest BCUT2D eigenvalue weighted by atomic mass is 16.5. The molecule has 0 spiro atoms. The molecule has 2 unspecified atom stereocenters. The van der Waals surface area contributed by atoms with Gasteiger partial charge in [0.15, 0.2) is 5.78 Å². The van der Waals surface area contributed by atoms with Crippen LogP contribution in [0.25, 0.3) is 0 Å². The van der Waals surface area contributed by atoms with E-state index in [4.69, 9.17) is 4.74 Å². The topological polar surface area (TPSA) is 78.9 Å². The van der Waals surface area contributed by atoms with Crippen LogP contribution in [0.4, 0.5) is 10.5 Å². The zero-order valence-electron chi connectivity index (χ0n) is 12.2. The monoisotopic (exact) mass is 292 g/mol. The summed E-state index contributed by atoms with van der Waals surface area (Å²) in [6.07, 6.45) is -0.478. The highest BCUT2D eigenvalue weighted by Gasteiger charge is 2.27. The third-order valence-corrected chi connectivity index (χ3v) is 3.34. The summed E-state index contributed by atoms with van der Waals surface area (Å²) < 4.78 is 5.50. The number of morpholine rings is 1. The van der Waals surface area contributed by atoms with E-state index in [1.807, 2.05) is 6.92 Å². The highest BCUT2D eigenvalue weighted by molar-refractivity contribution is 5.96. The first kappa shape index (κ1) is 15.5. The predicted octanol–water partition coefficient (Wildman–Crippen LogP) is 1.50. The van der Waals surface area contributed by atoms with Crippen molar-refractivity contribution in [1.82, 2.24) is 4.90 Å². The summed E-state index contributed by atoms with van der Waals surface area (Å²) in [7, 11) is 0. The van der Waals surface area contributed by atoms with Gasteiger partial charge in [-0.05, 0) is 26.0 Å². The molecule has 0 saturated carbocycles. The summed E-state index contributed by atoms with van der Waals surface area (Å²) in [5, 5.41) is 11.9. The summed E-state index contributed by atoms with van der Waals surface area (Å²) >= 11 is 0. The molecule has 1 aliphatic rings. The first-order valence-corrected chi connectivity index (χ1v) is 6.93. The van der Waals surface area contributed by atoms with Crippen LogP contribution in [-0.4, -0.2) is 53.7 Å². The van der Waals surface area contributed by atoms with Crippen molar-refractivity contribution in [2.24, 2.45) is 0 Å². The third kappa shape index (κ3) is 4.03. The van der Waals surface area contributed by atoms with E-state index in [1.165, 1.54) is 6.92 Å². The molecule has 2 amide bonds. The number of aliphatic hydroxyl groups excluding tert-OH is 1. The minimum atomic E-state index is -0.358. The predicted molar refractivity (Wildman–Crippen MR) is 78.5 cm³/mol. The van der Waals surface area contributed by atoms with Gasteiger partial charge >= 0.3 is 6.03 Å². The quantitative estimate of drug-likeness (QED) is 0.828. The number of urea groups is 1. The van der Waals surface area contributed by atoms with Gasteiger partial charge in [0, 0.05) is 17.8 Å². The van der Waals surface area contributed by atoms with Crippen molar-refractivity contribution in [1.29, 1.82) is 0 Å². The van der Waals surface area contributed by atoms with Gasteiger partial charge in [-0.25, -0.2) is 4.79 Å². The molecule has 0 aliphatic carbocycles. The Morgan fingerprint density at radius 1 is 1.43 bits per heavy atom. The number of nitrogens with one attached hydrogen (secondary N) is 1. The smallest absolute Gasteiger partial charge is 0.322 e. The van der Waals surface area contributed by atoms with Crippen LogP contribution in [0.5, 0.6) is 0 Å². The lowest BCUT2D eigenvalue weighted by atomic mass is 10.1. The highest BCUT2D eigenvalue weighted by Crippen LogP contribution is 2.15. The van der Waals surface area contributed by atoms with Crippen molar-refractivity contribution < 1.29 is 19.4 Å². The number of rotatable bonds is 3. The Balaban J connectivity index is 2.03. The SMILES string of the molecule is CC(=O)c1cccc(NC(=O)N2CC(C)OC(CO)C2)c1. The molecule has 6 heteroatoms. The van der Waals surface area contributed by atoms with Crippen LogP contribution in [0, 0.1) is 0 Å². The van der Waals surface area contributed by atoms with Gasteiger partial charge in [0.2, 0.25) is 0 Å². The van der Waals surface area contributed by atoms with Gasteiger partial charge in [-0.2, -0.15) is 0 Å². The number of amides is 2. The molecule has 1 saturated heterocycles. The molecule has 0 bridgehead atoms. The number of hydrogen-bond donors (Lipinski definition) is 2. The number of hydrogen-bond acceptors (Lipinski definition) is 4. The lowest BCUT2D eigenvalue weighted by molar-refractivity contribution is -0.0822. The Hall–Kier alpha value is -1.92. The van der Waals surface area contributed by atoms with Crippen LogP contribution in [0.15, 0.2) is 24.3 Å². The lowest BCUT2D eigenvalue weighted by Crippen LogP contribution is -2.51. The van der Waals surface area contributed by atoms with Crippen LogP contribution in [0.1, 0.15) is 24.2 Å². The van der Waals surface area contributed by atoms with Gasteiger partial charge in [0.05, 0.1) is 25.4 Å². The molecule has 2 rings (SSSR count). The Labute approximate surface area is 123 Å². The largest absolute Gasteiger partial charge is 0.394 e. The second-order valence-corrected chi connectivity index (χ2v) is 5.22. The first-order valence-electron chi connectivity index (χ1n) is 6.93. The van der Waals surface area contributed by atoms with Crippen LogP contribution in [0.2, 0.25) is 0 Å². The Morgan fingerprint density at radius 2 is 2.19 bits per heavy atom. The van der Waals surface area contributed by atoms with Gasteiger partial charge in [-0.3, -0.25) is 4.79 Å². The minimum absolute atomic E-state index is 0.0496. The Morgan fingerprint density at radius 3 is 2.86 bits per heavy atom. The summed E-state index contributed by atoms with van der Waals surface area (Å²) in [4.78, 5) is 25.2. The summed E-state index contributed by atoms with van der Waals surface area (Å²) in [5.74, 6) is -0.0496. The Kier molecular flexibility index (Phi) is 4.93. The zero-order chi connectivity index (χ0) is 15.4. The standard InChI is InChI=1S/C15H20N2O4/c1-10-7-17(8-14(9-18)21-10)15(20)16-13-5-3-4-12(6-13)11(2)19/h3-6,10,14,18H,7-9H2,1-2H3,(H,16,20). The van der Waals surface area contributed by atoms with Crippen molar-refractivity contribution in [3.63, 3.8) is 0 Å². The second-order valence-electron chi connectivity index (χ2n) is 5.22. The zero-order valence-corrected chi connectivity index (χ0v) is 12.2. The van der Waals surface area contributed by atoms with E-state index in [0.29, 0.717) is 24.3 Å². The first-order chi connectivity index (χ1) is 9.99. The van der Waals surface area contributed by atoms with Crippen molar-refractivity contribution in [2.45, 2.75) is 26.1 Å². The number of ether oxygens (including phenoxy) is 1. The molecule has 2 N–H and O–H groups in total. The average Bonchev–Trinajstić information content (AvgIpc) is 2.46. The number of benzene rings is 1. The molecule has 0 radical (unpaired) electrons. The average molecular weight is 292 g/mol. The van der Waals surface area contributed by atoms with E-state index >= 15 is 0 Å². The van der Waals surface area contributed by atoms with E-state index in [1.54, 1.807) is 29.2 Å². The molecule has 1 aromatic rings. The van der Waals surface area contributed by atoms with E-state index in [2.05, 4.69) is 5.32 Å². The van der Waals surface area contributed by atoms with Crippen molar-refractivity contribution in [3.8, 4) is 0 Å². The number of nitrogens with zero attached hydrogens (tertiary/aromatic N) is 1. The number of carbonyl (C=O) groups excluding carboxylic acids is 2. The van der Waals surface area contributed by atoms with Gasteiger partial charge in [-0.1, -0.05) is 12.1 Å². The third-order valence-electron chi connectivity index (χ3n) is 3.34. The number of aliphatic hydroxyl groups is 1. The summed E-state index contributed by atoms with van der Waals surface area (Å²) in [6.45, 7) is 4.04. The molecule has 21 heavy (non-hydrogen) atoms. The normalized spacial score (nSPS) is 22.0. The van der Waals surface area contributed by atoms with Crippen molar-refractivity contribution in [3.05, 3.63) is 29.8 Å². The number of Topliss-reactive ketones (excluding diaryl/α,β-unsaturated/α-hetero) is 1. The van der Waals surface area contributed by atoms with E-state index < -0.39 is 0 Å². The molecule has 2 atom stereocenters. The van der Waals surface area contributed by atoms with Gasteiger partial charge in [0.25, 0.3) is 0 Å². The van der Waals surface area contributed by atoms with Crippen LogP contribution >= 0.6 is 0 Å². The fraction of sp³-hybridized carbons (Fsp3) is 0.467.